The summed E-state index contributed by atoms with van der Waals surface area (Å²) >= 11 is 19.8. The lowest BCUT2D eigenvalue weighted by Crippen LogP contribution is -2.12. The highest BCUT2D eigenvalue weighted by Crippen LogP contribution is 2.43. The summed E-state index contributed by atoms with van der Waals surface area (Å²) in [4.78, 5) is 99.8. The van der Waals surface area contributed by atoms with E-state index in [0.717, 1.165) is 140 Å². The standard InChI is InChI=1S/3C28H22ClN3O2/c1-16(33)27-25(21-9-5-11-30-28(21)34)22-12-17-6-4-7-18(17)13-24(22)32(27)15-19-14-31-23-10-3-2-8-20(23)26(19)29;1-16(33)27-26(21-9-5-11-30-28(21)34)22-12-17-6-4-7-18(17)13-24(22)32(27)15-19-14-25(29)31-23-10-3-2-8-20(19)23;1-16(33)26-25(21-9-5-11-30-28(21)34)22-13-17-7-4-8-18(17)14-24(22)32(26)15-20-12-19-6-2-3-10-23(19)31-27(20)29/h2*2-3,5,8-14H,4,6-7,15H2,1H3,(H,30,34);2-3,5-6,9-14H,4,7-8,15H2,1H3,(H,30,34). The number of nitrogens with zero attached hydrogens (tertiary/aromatic N) is 6. The Morgan fingerprint density at radius 1 is 0.402 bits per heavy atom. The van der Waals surface area contributed by atoms with E-state index in [1.165, 1.54) is 33.4 Å². The number of rotatable bonds is 12. The van der Waals surface area contributed by atoms with Crippen LogP contribution in [0.2, 0.25) is 15.3 Å². The molecule has 0 fully saturated rings. The number of benzene rings is 6. The highest BCUT2D eigenvalue weighted by atomic mass is 35.5. The summed E-state index contributed by atoms with van der Waals surface area (Å²) in [6.45, 7) is 5.88. The topological polar surface area (TPSA) is 203 Å². The third-order valence-electron chi connectivity index (χ3n) is 20.4. The first-order chi connectivity index (χ1) is 49.5. The molecule has 0 bridgehead atoms. The quantitative estimate of drug-likeness (QED) is 0.0785. The number of aryl methyl sites for hydroxylation is 6. The van der Waals surface area contributed by atoms with Gasteiger partial charge in [-0.05, 0) is 200 Å². The van der Waals surface area contributed by atoms with E-state index < -0.39 is 0 Å². The van der Waals surface area contributed by atoms with Gasteiger partial charge in [0.15, 0.2) is 17.3 Å². The predicted octanol–water partition coefficient (Wildman–Crippen LogP) is 17.8. The number of fused-ring (bicyclic) bond motifs is 9. The molecular weight excluding hydrogens is 1340 g/mol. The molecule has 504 valence electrons. The molecule has 0 aliphatic heterocycles. The minimum atomic E-state index is -0.213. The van der Waals surface area contributed by atoms with Crippen molar-refractivity contribution in [2.24, 2.45) is 0 Å². The lowest BCUT2D eigenvalue weighted by atomic mass is 9.99. The third kappa shape index (κ3) is 11.7. The molecule has 18 heteroatoms. The number of nitrogens with one attached hydrogen (secondary N) is 3. The molecule has 6 aromatic carbocycles. The van der Waals surface area contributed by atoms with Gasteiger partial charge in [-0.1, -0.05) is 89.4 Å². The van der Waals surface area contributed by atoms with Crippen molar-refractivity contribution in [2.45, 2.75) is 98.2 Å². The van der Waals surface area contributed by atoms with Crippen LogP contribution in [0.15, 0.2) is 197 Å². The number of pyridine rings is 6. The van der Waals surface area contributed by atoms with E-state index in [1.54, 1.807) is 82.0 Å². The smallest absolute Gasteiger partial charge is 0.255 e. The largest absolute Gasteiger partial charge is 0.333 e. The first kappa shape index (κ1) is 65.5. The van der Waals surface area contributed by atoms with E-state index in [4.69, 9.17) is 34.8 Å². The van der Waals surface area contributed by atoms with Crippen LogP contribution in [0.1, 0.15) is 122 Å². The van der Waals surface area contributed by atoms with Gasteiger partial charge in [0.2, 0.25) is 0 Å². The highest BCUT2D eigenvalue weighted by Gasteiger charge is 2.31. The molecule has 3 N–H and O–H groups in total. The van der Waals surface area contributed by atoms with Crippen molar-refractivity contribution >= 4 is 118 Å². The Morgan fingerprint density at radius 3 is 1.25 bits per heavy atom. The number of hydrogen-bond donors (Lipinski definition) is 3. The van der Waals surface area contributed by atoms with Gasteiger partial charge in [-0.2, -0.15) is 0 Å². The summed E-state index contributed by atoms with van der Waals surface area (Å²) < 4.78 is 6.07. The van der Waals surface area contributed by atoms with Gasteiger partial charge in [-0.3, -0.25) is 33.8 Å². The molecule has 0 atom stereocenters. The number of carbonyl (C=O) groups is 3. The summed E-state index contributed by atoms with van der Waals surface area (Å²) in [6, 6.07) is 51.2. The number of aromatic amines is 3. The van der Waals surface area contributed by atoms with Crippen LogP contribution in [0.4, 0.5) is 0 Å². The summed E-state index contributed by atoms with van der Waals surface area (Å²) in [5.74, 6) is -0.280. The zero-order chi connectivity index (χ0) is 70.2. The van der Waals surface area contributed by atoms with Gasteiger partial charge in [-0.15, -0.1) is 0 Å². The molecule has 9 aromatic heterocycles. The number of aromatic nitrogens is 9. The van der Waals surface area contributed by atoms with Gasteiger partial charge in [0.25, 0.3) is 16.7 Å². The molecular formula is C84H66Cl3N9O6. The minimum absolute atomic E-state index is 0.0842. The van der Waals surface area contributed by atoms with E-state index in [9.17, 15) is 28.8 Å². The molecule has 3 aliphatic carbocycles. The molecule has 18 rings (SSSR count). The average molecular weight is 1400 g/mol. The molecule has 0 radical (unpaired) electrons. The summed E-state index contributed by atoms with van der Waals surface area (Å²) in [7, 11) is 0. The molecule has 15 nitrogen and oxygen atoms in total. The maximum Gasteiger partial charge on any atom is 0.255 e. The van der Waals surface area contributed by atoms with Crippen molar-refractivity contribution in [1.82, 2.24) is 43.6 Å². The number of H-pyrrole nitrogens is 3. The lowest BCUT2D eigenvalue weighted by Gasteiger charge is -2.13. The SMILES string of the molecule is CC(=O)c1c(-c2ccc[nH]c2=O)c2cc3c(cc2n1Cc1cc(Cl)nc2ccccc12)CCC3.CC(=O)c1c(-c2ccc[nH]c2=O)c2cc3c(cc2n1Cc1cc2ccccc2nc1Cl)CCC3.CC(=O)c1c(-c2ccc[nH]c2=O)c2cc3c(cc2n1Cc1cnc2ccccc2c1Cl)CCC3. The molecule has 3 aliphatic rings. The maximum atomic E-state index is 13.1. The van der Waals surface area contributed by atoms with Crippen molar-refractivity contribution in [3.05, 3.63) is 296 Å². The molecule has 0 saturated heterocycles. The Hall–Kier alpha value is -11.1. The summed E-state index contributed by atoms with van der Waals surface area (Å²) in [5.41, 5.74) is 20.2. The van der Waals surface area contributed by atoms with Crippen molar-refractivity contribution in [1.29, 1.82) is 0 Å². The van der Waals surface area contributed by atoms with Gasteiger partial charge >= 0.3 is 0 Å². The Balaban J connectivity index is 0.000000118. The Bertz CT molecular complexity index is 6060. The molecule has 15 aromatic rings. The molecule has 0 amide bonds. The summed E-state index contributed by atoms with van der Waals surface area (Å²) in [6.07, 6.45) is 16.1. The number of para-hydroxylation sites is 3. The van der Waals surface area contributed by atoms with Crippen LogP contribution < -0.4 is 16.7 Å². The molecule has 0 unspecified atom stereocenters. The zero-order valence-electron chi connectivity index (χ0n) is 56.1. The second-order valence-corrected chi connectivity index (χ2v) is 27.8. The van der Waals surface area contributed by atoms with E-state index in [0.29, 0.717) is 85.4 Å². The van der Waals surface area contributed by atoms with Crippen LogP contribution in [0.3, 0.4) is 0 Å². The number of halogens is 3. The van der Waals surface area contributed by atoms with Crippen LogP contribution in [0.25, 0.3) is 98.8 Å². The van der Waals surface area contributed by atoms with Crippen LogP contribution >= 0.6 is 34.8 Å². The van der Waals surface area contributed by atoms with E-state index in [1.807, 2.05) is 94.1 Å². The maximum absolute atomic E-state index is 13.1. The lowest BCUT2D eigenvalue weighted by molar-refractivity contribution is 0.0997. The number of Topliss-reactive ketones (excluding diaryl/α,β-unsaturated/α-hetero) is 3. The van der Waals surface area contributed by atoms with Gasteiger partial charge in [0.05, 0.1) is 51.7 Å². The normalized spacial score (nSPS) is 13.0. The first-order valence-electron chi connectivity index (χ1n) is 34.3. The van der Waals surface area contributed by atoms with E-state index in [2.05, 4.69) is 70.9 Å². The van der Waals surface area contributed by atoms with Gasteiger partial charge in [-0.25, -0.2) is 9.97 Å². The number of ketones is 3. The van der Waals surface area contributed by atoms with Gasteiger partial charge < -0.3 is 28.7 Å². The Labute approximate surface area is 599 Å². The van der Waals surface area contributed by atoms with E-state index >= 15 is 0 Å². The number of carbonyl (C=O) groups excluding carboxylic acids is 3. The Morgan fingerprint density at radius 2 is 0.794 bits per heavy atom. The fourth-order valence-electron chi connectivity index (χ4n) is 15.9. The highest BCUT2D eigenvalue weighted by molar-refractivity contribution is 6.36. The Kier molecular flexibility index (Phi) is 17.2. The van der Waals surface area contributed by atoms with Gasteiger partial charge in [0.1, 0.15) is 10.3 Å². The third-order valence-corrected chi connectivity index (χ3v) is 21.3. The van der Waals surface area contributed by atoms with Crippen LogP contribution in [0, 0.1) is 0 Å². The van der Waals surface area contributed by atoms with Crippen molar-refractivity contribution in [3.63, 3.8) is 0 Å². The summed E-state index contributed by atoms with van der Waals surface area (Å²) in [5, 5.41) is 7.09. The van der Waals surface area contributed by atoms with Crippen molar-refractivity contribution < 1.29 is 14.4 Å². The average Bonchev–Trinajstić information content (AvgIpc) is 1.61. The van der Waals surface area contributed by atoms with Crippen LogP contribution in [-0.4, -0.2) is 61.0 Å². The van der Waals surface area contributed by atoms with Gasteiger partial charge in [0, 0.05) is 145 Å². The monoisotopic (exact) mass is 1400 g/mol. The minimum Gasteiger partial charge on any atom is -0.333 e. The molecule has 102 heavy (non-hydrogen) atoms. The zero-order valence-corrected chi connectivity index (χ0v) is 58.3. The van der Waals surface area contributed by atoms with Crippen molar-refractivity contribution in [3.8, 4) is 33.4 Å². The van der Waals surface area contributed by atoms with Crippen LogP contribution in [-0.2, 0) is 58.2 Å². The first-order valence-corrected chi connectivity index (χ1v) is 35.4. The molecule has 9 heterocycles. The molecule has 0 spiro atoms. The predicted molar refractivity (Wildman–Crippen MR) is 408 cm³/mol. The van der Waals surface area contributed by atoms with E-state index in [-0.39, 0.29) is 34.0 Å². The second kappa shape index (κ2) is 26.8. The fourth-order valence-corrected chi connectivity index (χ4v) is 16.6. The fraction of sp³-hybridized carbons (Fsp3) is 0.179. The number of hydrogen-bond acceptors (Lipinski definition) is 9. The second-order valence-electron chi connectivity index (χ2n) is 26.7. The molecule has 0 saturated carbocycles. The van der Waals surface area contributed by atoms with Crippen molar-refractivity contribution in [2.75, 3.05) is 0 Å². The van der Waals surface area contributed by atoms with Crippen LogP contribution in [0.5, 0.6) is 0 Å².